The first kappa shape index (κ1) is 17.5. The summed E-state index contributed by atoms with van der Waals surface area (Å²) in [6.45, 7) is 7.32. The quantitative estimate of drug-likeness (QED) is 0.930. The van der Waals surface area contributed by atoms with E-state index in [2.05, 4.69) is 36.9 Å². The zero-order chi connectivity index (χ0) is 18.0. The minimum Gasteiger partial charge on any atom is -0.497 e. The van der Waals surface area contributed by atoms with Crippen molar-refractivity contribution >= 4 is 5.91 Å². The Morgan fingerprint density at radius 1 is 1.40 bits per heavy atom. The van der Waals surface area contributed by atoms with Gasteiger partial charge in [-0.2, -0.15) is 0 Å². The highest BCUT2D eigenvalue weighted by Crippen LogP contribution is 2.24. The monoisotopic (exact) mass is 341 g/mol. The number of fused-ring (bicyclic) bond motifs is 1. The number of imidazole rings is 1. The molecule has 0 saturated carbocycles. The third-order valence-electron chi connectivity index (χ3n) is 4.63. The Bertz CT molecular complexity index is 759. The maximum absolute atomic E-state index is 12.4. The molecule has 1 atom stereocenters. The molecule has 1 aromatic heterocycles. The van der Waals surface area contributed by atoms with Crippen LogP contribution < -0.4 is 10.1 Å². The average molecular weight is 341 g/mol. The summed E-state index contributed by atoms with van der Waals surface area (Å²) in [5.41, 5.74) is 2.13. The van der Waals surface area contributed by atoms with Gasteiger partial charge in [0.1, 0.15) is 11.6 Å². The fraction of sp³-hybridized carbons (Fsp3) is 0.500. The van der Waals surface area contributed by atoms with Gasteiger partial charge in [-0.25, -0.2) is 4.98 Å². The fourth-order valence-corrected chi connectivity index (χ4v) is 3.17. The molecule has 0 radical (unpaired) electrons. The Kier molecular flexibility index (Phi) is 4.84. The molecule has 5 nitrogen and oxygen atoms in total. The van der Waals surface area contributed by atoms with E-state index in [9.17, 15) is 4.79 Å². The summed E-state index contributed by atoms with van der Waals surface area (Å²) in [5, 5.41) is 3.17. The normalized spacial score (nSPS) is 17.0. The SMILES string of the molecule is COc1cccc(CC(=O)NC2CCc3nc(C(C)(C)C)cn3C2)c1. The van der Waals surface area contributed by atoms with Crippen molar-refractivity contribution in [1.82, 2.24) is 14.9 Å². The average Bonchev–Trinajstić information content (AvgIpc) is 2.98. The van der Waals surface area contributed by atoms with Gasteiger partial charge in [-0.05, 0) is 24.1 Å². The Morgan fingerprint density at radius 3 is 2.92 bits per heavy atom. The van der Waals surface area contributed by atoms with E-state index in [-0.39, 0.29) is 17.4 Å². The maximum Gasteiger partial charge on any atom is 0.224 e. The van der Waals surface area contributed by atoms with Gasteiger partial charge in [0.05, 0.1) is 19.2 Å². The van der Waals surface area contributed by atoms with Crippen LogP contribution in [0, 0.1) is 0 Å². The van der Waals surface area contributed by atoms with Gasteiger partial charge < -0.3 is 14.6 Å². The van der Waals surface area contributed by atoms with E-state index in [1.54, 1.807) is 7.11 Å². The Hall–Kier alpha value is -2.30. The van der Waals surface area contributed by atoms with Crippen LogP contribution in [0.15, 0.2) is 30.5 Å². The number of aromatic nitrogens is 2. The standard InChI is InChI=1S/C20H27N3O2/c1-20(2,3)17-13-23-12-15(8-9-18(23)22-17)21-19(24)11-14-6-5-7-16(10-14)25-4/h5-7,10,13,15H,8-9,11-12H2,1-4H3,(H,21,24). The van der Waals surface area contributed by atoms with Crippen LogP contribution in [0.4, 0.5) is 0 Å². The molecule has 1 aromatic carbocycles. The smallest absolute Gasteiger partial charge is 0.224 e. The third kappa shape index (κ3) is 4.21. The summed E-state index contributed by atoms with van der Waals surface area (Å²) in [5.74, 6) is 1.96. The van der Waals surface area contributed by atoms with Gasteiger partial charge in [0.25, 0.3) is 0 Å². The van der Waals surface area contributed by atoms with Crippen molar-refractivity contribution in [3.63, 3.8) is 0 Å². The molecule has 3 rings (SSSR count). The predicted molar refractivity (Wildman–Crippen MR) is 97.9 cm³/mol. The summed E-state index contributed by atoms with van der Waals surface area (Å²) in [6.07, 6.45) is 4.35. The lowest BCUT2D eigenvalue weighted by Gasteiger charge is -2.24. The highest BCUT2D eigenvalue weighted by Gasteiger charge is 2.25. The van der Waals surface area contributed by atoms with Crippen molar-refractivity contribution in [2.45, 2.75) is 58.0 Å². The number of nitrogens with one attached hydrogen (secondary N) is 1. The summed E-state index contributed by atoms with van der Waals surface area (Å²) in [4.78, 5) is 17.1. The van der Waals surface area contributed by atoms with E-state index >= 15 is 0 Å². The van der Waals surface area contributed by atoms with Crippen LogP contribution in [0.25, 0.3) is 0 Å². The summed E-state index contributed by atoms with van der Waals surface area (Å²) < 4.78 is 7.41. The molecule has 2 aromatic rings. The van der Waals surface area contributed by atoms with Gasteiger partial charge in [0.2, 0.25) is 5.91 Å². The summed E-state index contributed by atoms with van der Waals surface area (Å²) >= 11 is 0. The fourth-order valence-electron chi connectivity index (χ4n) is 3.17. The first-order valence-electron chi connectivity index (χ1n) is 8.84. The molecule has 0 saturated heterocycles. The molecule has 1 aliphatic rings. The number of carbonyl (C=O) groups excluding carboxylic acids is 1. The predicted octanol–water partition coefficient (Wildman–Crippen LogP) is 2.86. The molecule has 0 aliphatic carbocycles. The highest BCUT2D eigenvalue weighted by molar-refractivity contribution is 5.79. The van der Waals surface area contributed by atoms with Crippen LogP contribution in [0.2, 0.25) is 0 Å². The zero-order valence-corrected chi connectivity index (χ0v) is 15.5. The molecular weight excluding hydrogens is 314 g/mol. The van der Waals surface area contributed by atoms with Crippen molar-refractivity contribution in [3.8, 4) is 5.75 Å². The molecule has 0 spiro atoms. The molecule has 1 aliphatic heterocycles. The van der Waals surface area contributed by atoms with Crippen LogP contribution in [-0.2, 0) is 29.6 Å². The van der Waals surface area contributed by atoms with Gasteiger partial charge in [-0.15, -0.1) is 0 Å². The van der Waals surface area contributed by atoms with E-state index in [4.69, 9.17) is 9.72 Å². The maximum atomic E-state index is 12.4. The van der Waals surface area contributed by atoms with Gasteiger partial charge in [0, 0.05) is 30.6 Å². The number of amides is 1. The number of hydrogen-bond donors (Lipinski definition) is 1. The molecule has 0 bridgehead atoms. The van der Waals surface area contributed by atoms with Gasteiger partial charge in [-0.1, -0.05) is 32.9 Å². The van der Waals surface area contributed by atoms with Crippen LogP contribution in [0.5, 0.6) is 5.75 Å². The summed E-state index contributed by atoms with van der Waals surface area (Å²) in [7, 11) is 1.63. The number of methoxy groups -OCH3 is 1. The summed E-state index contributed by atoms with van der Waals surface area (Å²) in [6, 6.07) is 7.81. The van der Waals surface area contributed by atoms with Crippen molar-refractivity contribution in [1.29, 1.82) is 0 Å². The second kappa shape index (κ2) is 6.90. The molecule has 1 N–H and O–H groups in total. The minimum atomic E-state index is 0.0510. The van der Waals surface area contributed by atoms with Gasteiger partial charge >= 0.3 is 0 Å². The molecule has 134 valence electrons. The molecule has 5 heteroatoms. The molecule has 1 unspecified atom stereocenters. The number of hydrogen-bond acceptors (Lipinski definition) is 3. The van der Waals surface area contributed by atoms with Gasteiger partial charge in [-0.3, -0.25) is 4.79 Å². The van der Waals surface area contributed by atoms with Gasteiger partial charge in [0.15, 0.2) is 0 Å². The number of rotatable bonds is 4. The molecule has 25 heavy (non-hydrogen) atoms. The Balaban J connectivity index is 1.60. The lowest BCUT2D eigenvalue weighted by Crippen LogP contribution is -2.41. The first-order valence-corrected chi connectivity index (χ1v) is 8.84. The van der Waals surface area contributed by atoms with Crippen LogP contribution in [-0.4, -0.2) is 28.6 Å². The van der Waals surface area contributed by atoms with Crippen LogP contribution in [0.1, 0.15) is 44.3 Å². The number of benzene rings is 1. The van der Waals surface area contributed by atoms with E-state index in [0.717, 1.165) is 42.2 Å². The lowest BCUT2D eigenvalue weighted by molar-refractivity contribution is -0.121. The molecule has 2 heterocycles. The molecule has 0 fully saturated rings. The van der Waals surface area contributed by atoms with E-state index < -0.39 is 0 Å². The van der Waals surface area contributed by atoms with E-state index in [1.165, 1.54) is 0 Å². The third-order valence-corrected chi connectivity index (χ3v) is 4.63. The first-order chi connectivity index (χ1) is 11.8. The Labute approximate surface area is 149 Å². The van der Waals surface area contributed by atoms with E-state index in [0.29, 0.717) is 6.42 Å². The topological polar surface area (TPSA) is 56.1 Å². The molecule has 1 amide bonds. The van der Waals surface area contributed by atoms with Crippen molar-refractivity contribution in [2.75, 3.05) is 7.11 Å². The van der Waals surface area contributed by atoms with Crippen molar-refractivity contribution < 1.29 is 9.53 Å². The highest BCUT2D eigenvalue weighted by atomic mass is 16.5. The lowest BCUT2D eigenvalue weighted by atomic mass is 9.93. The molecular formula is C20H27N3O2. The number of aryl methyl sites for hydroxylation is 1. The number of ether oxygens (including phenoxy) is 1. The van der Waals surface area contributed by atoms with Crippen molar-refractivity contribution in [2.24, 2.45) is 0 Å². The van der Waals surface area contributed by atoms with Crippen molar-refractivity contribution in [3.05, 3.63) is 47.5 Å². The zero-order valence-electron chi connectivity index (χ0n) is 15.5. The Morgan fingerprint density at radius 2 is 2.20 bits per heavy atom. The van der Waals surface area contributed by atoms with E-state index in [1.807, 2.05) is 24.3 Å². The second-order valence-corrected chi connectivity index (χ2v) is 7.78. The van der Waals surface area contributed by atoms with Crippen LogP contribution in [0.3, 0.4) is 0 Å². The minimum absolute atomic E-state index is 0.0510. The number of carbonyl (C=O) groups is 1. The largest absolute Gasteiger partial charge is 0.497 e. The van der Waals surface area contributed by atoms with Crippen LogP contribution >= 0.6 is 0 Å². The second-order valence-electron chi connectivity index (χ2n) is 7.78. The number of nitrogens with zero attached hydrogens (tertiary/aromatic N) is 2.